The molecule has 1 aliphatic rings. The summed E-state index contributed by atoms with van der Waals surface area (Å²) in [6, 6.07) is 30.8. The van der Waals surface area contributed by atoms with Gasteiger partial charge in [-0.15, -0.1) is 0 Å². The Balaban J connectivity index is 0.000000179. The summed E-state index contributed by atoms with van der Waals surface area (Å²) in [6.45, 7) is 4.81. The molecule has 7 rings (SSSR count). The number of aromatic carboxylic acids is 1. The predicted molar refractivity (Wildman–Crippen MR) is 158 cm³/mol. The lowest BCUT2D eigenvalue weighted by Crippen LogP contribution is -2.29. The van der Waals surface area contributed by atoms with Crippen LogP contribution in [0.15, 0.2) is 110 Å². The van der Waals surface area contributed by atoms with Crippen molar-refractivity contribution in [2.75, 3.05) is 0 Å². The van der Waals surface area contributed by atoms with Crippen molar-refractivity contribution in [3.8, 4) is 0 Å². The largest absolute Gasteiger partial charge is 0.478 e. The fourth-order valence-electron chi connectivity index (χ4n) is 6.22. The molecule has 2 heterocycles. The number of hydrogen-bond donors (Lipinski definition) is 1. The van der Waals surface area contributed by atoms with Crippen molar-refractivity contribution >= 4 is 38.4 Å². The maximum Gasteiger partial charge on any atom is 0.335 e. The van der Waals surface area contributed by atoms with Crippen LogP contribution in [0.2, 0.25) is 0 Å². The lowest BCUT2D eigenvalue weighted by molar-refractivity contribution is 0.0697. The van der Waals surface area contributed by atoms with Gasteiger partial charge in [0.05, 0.1) is 11.1 Å². The van der Waals surface area contributed by atoms with Crippen LogP contribution in [0.4, 0.5) is 0 Å². The molecule has 1 atom stereocenters. The van der Waals surface area contributed by atoms with Gasteiger partial charge in [0.2, 0.25) is 0 Å². The van der Waals surface area contributed by atoms with Gasteiger partial charge in [0.1, 0.15) is 0 Å². The smallest absolute Gasteiger partial charge is 0.335 e. The molecule has 39 heavy (non-hydrogen) atoms. The molecule has 192 valence electrons. The Morgan fingerprint density at radius 1 is 0.821 bits per heavy atom. The zero-order chi connectivity index (χ0) is 27.0. The van der Waals surface area contributed by atoms with Crippen molar-refractivity contribution in [2.45, 2.75) is 38.0 Å². The van der Waals surface area contributed by atoms with E-state index < -0.39 is 5.97 Å². The molecule has 1 unspecified atom stereocenters. The molecule has 0 radical (unpaired) electrons. The number of carboxylic acid groups (broad SMARTS) is 1. The molecule has 0 fully saturated rings. The first-order chi connectivity index (χ1) is 18.9. The number of carboxylic acids is 1. The molecule has 0 amide bonds. The van der Waals surface area contributed by atoms with Crippen LogP contribution in [-0.2, 0) is 11.8 Å². The fourth-order valence-corrected chi connectivity index (χ4v) is 6.22. The number of benzene rings is 4. The maximum atomic E-state index is 10.6. The number of rotatable bonds is 2. The molecular formula is C35H30N2O2. The van der Waals surface area contributed by atoms with Crippen LogP contribution in [0.1, 0.15) is 53.2 Å². The van der Waals surface area contributed by atoms with E-state index in [0.29, 0.717) is 11.5 Å². The van der Waals surface area contributed by atoms with Gasteiger partial charge in [0.25, 0.3) is 0 Å². The first-order valence-corrected chi connectivity index (χ1v) is 13.3. The Bertz CT molecular complexity index is 1830. The van der Waals surface area contributed by atoms with Gasteiger partial charge in [-0.3, -0.25) is 9.97 Å². The molecule has 4 heteroatoms. The monoisotopic (exact) mass is 510 g/mol. The molecule has 0 aliphatic heterocycles. The van der Waals surface area contributed by atoms with Gasteiger partial charge in [-0.2, -0.15) is 0 Å². The summed E-state index contributed by atoms with van der Waals surface area (Å²) >= 11 is 0. The molecule has 1 aliphatic carbocycles. The maximum absolute atomic E-state index is 10.6. The van der Waals surface area contributed by atoms with E-state index in [4.69, 9.17) is 5.11 Å². The van der Waals surface area contributed by atoms with Crippen molar-refractivity contribution in [2.24, 2.45) is 0 Å². The highest BCUT2D eigenvalue weighted by molar-refractivity contribution is 6.09. The number of nitrogens with zero attached hydrogens (tertiary/aromatic N) is 2. The van der Waals surface area contributed by atoms with E-state index in [1.54, 1.807) is 36.0 Å². The van der Waals surface area contributed by atoms with Gasteiger partial charge in [-0.1, -0.05) is 74.5 Å². The zero-order valence-corrected chi connectivity index (χ0v) is 22.1. The average molecular weight is 511 g/mol. The predicted octanol–water partition coefficient (Wildman–Crippen LogP) is 8.33. The topological polar surface area (TPSA) is 63.1 Å². The summed E-state index contributed by atoms with van der Waals surface area (Å²) in [5.41, 5.74) is 5.66. The minimum absolute atomic E-state index is 0.149. The molecule has 4 nitrogen and oxygen atoms in total. The molecule has 6 aromatic rings. The van der Waals surface area contributed by atoms with E-state index in [9.17, 15) is 4.79 Å². The highest BCUT2D eigenvalue weighted by Gasteiger charge is 2.35. The second-order valence-corrected chi connectivity index (χ2v) is 11.0. The molecule has 2 aromatic heterocycles. The third-order valence-corrected chi connectivity index (χ3v) is 7.92. The quantitative estimate of drug-likeness (QED) is 0.238. The van der Waals surface area contributed by atoms with Crippen molar-refractivity contribution < 1.29 is 9.90 Å². The number of fused-ring (bicyclic) bond motifs is 6. The Morgan fingerprint density at radius 2 is 1.62 bits per heavy atom. The minimum atomic E-state index is -0.911. The summed E-state index contributed by atoms with van der Waals surface area (Å²) in [7, 11) is 0. The van der Waals surface area contributed by atoms with Crippen LogP contribution < -0.4 is 0 Å². The van der Waals surface area contributed by atoms with Gasteiger partial charge < -0.3 is 5.11 Å². The van der Waals surface area contributed by atoms with E-state index in [-0.39, 0.29) is 5.41 Å². The molecule has 4 aromatic carbocycles. The third-order valence-electron chi connectivity index (χ3n) is 7.92. The molecular weight excluding hydrogens is 480 g/mol. The normalized spacial score (nSPS) is 15.9. The first-order valence-electron chi connectivity index (χ1n) is 13.3. The standard InChI is InChI=1S/C25H23N.C10H7NO2/c1-25(2)15-20(19-7-5-13-26-16-19)14-18-10-11-22-21-8-4-3-6-17(21)9-12-23(22)24(18)25;12-10(13)8-3-4-9-7(6-8)2-1-5-11-9/h3-13,16,20H,14-15H2,1-2H3;1-6H,(H,12,13). The lowest BCUT2D eigenvalue weighted by Gasteiger charge is -2.39. The highest BCUT2D eigenvalue weighted by Crippen LogP contribution is 2.47. The number of aromatic nitrogens is 2. The fraction of sp³-hybridized carbons (Fsp3) is 0.171. The lowest BCUT2D eigenvalue weighted by atomic mass is 9.65. The van der Waals surface area contributed by atoms with E-state index in [2.05, 4.69) is 84.5 Å². The summed E-state index contributed by atoms with van der Waals surface area (Å²) in [4.78, 5) is 19.1. The SMILES string of the molecule is CC1(C)CC(c2cccnc2)Cc2ccc3c(ccc4ccccc43)c21.O=C(O)c1ccc2ncccc2c1. The summed E-state index contributed by atoms with van der Waals surface area (Å²) in [5.74, 6) is -0.366. The van der Waals surface area contributed by atoms with Crippen LogP contribution in [0.25, 0.3) is 32.4 Å². The van der Waals surface area contributed by atoms with Gasteiger partial charge >= 0.3 is 5.97 Å². The molecule has 0 saturated carbocycles. The van der Waals surface area contributed by atoms with Crippen molar-refractivity contribution in [1.82, 2.24) is 9.97 Å². The van der Waals surface area contributed by atoms with Crippen LogP contribution in [0.3, 0.4) is 0 Å². The van der Waals surface area contributed by atoms with E-state index in [0.717, 1.165) is 23.7 Å². The summed E-state index contributed by atoms with van der Waals surface area (Å²) in [6.07, 6.45) is 7.86. The molecule has 0 saturated heterocycles. The zero-order valence-electron chi connectivity index (χ0n) is 22.1. The van der Waals surface area contributed by atoms with E-state index >= 15 is 0 Å². The minimum Gasteiger partial charge on any atom is -0.478 e. The average Bonchev–Trinajstić information content (AvgIpc) is 2.96. The Kier molecular flexibility index (Phi) is 6.32. The summed E-state index contributed by atoms with van der Waals surface area (Å²) < 4.78 is 0. The van der Waals surface area contributed by atoms with Crippen LogP contribution in [0, 0.1) is 0 Å². The number of pyridine rings is 2. The number of carbonyl (C=O) groups is 1. The van der Waals surface area contributed by atoms with Gasteiger partial charge in [0, 0.05) is 24.0 Å². The molecule has 0 spiro atoms. The Hall–Kier alpha value is -4.57. The van der Waals surface area contributed by atoms with E-state index in [1.807, 2.05) is 18.5 Å². The number of hydrogen-bond acceptors (Lipinski definition) is 3. The van der Waals surface area contributed by atoms with Crippen LogP contribution in [-0.4, -0.2) is 21.0 Å². The van der Waals surface area contributed by atoms with Gasteiger partial charge in [-0.05, 0) is 92.7 Å². The Labute approximate surface area is 228 Å². The summed E-state index contributed by atoms with van der Waals surface area (Å²) in [5, 5.41) is 15.1. The second-order valence-electron chi connectivity index (χ2n) is 11.0. The molecule has 0 bridgehead atoms. The highest BCUT2D eigenvalue weighted by atomic mass is 16.4. The second kappa shape index (κ2) is 9.95. The van der Waals surface area contributed by atoms with Crippen molar-refractivity contribution in [3.63, 3.8) is 0 Å². The van der Waals surface area contributed by atoms with E-state index in [1.165, 1.54) is 32.7 Å². The molecule has 1 N–H and O–H groups in total. The van der Waals surface area contributed by atoms with Crippen LogP contribution >= 0.6 is 0 Å². The Morgan fingerprint density at radius 3 is 2.44 bits per heavy atom. The van der Waals surface area contributed by atoms with Crippen molar-refractivity contribution in [3.05, 3.63) is 132 Å². The van der Waals surface area contributed by atoms with Crippen LogP contribution in [0.5, 0.6) is 0 Å². The first kappa shape index (κ1) is 24.7. The van der Waals surface area contributed by atoms with Gasteiger partial charge in [0.15, 0.2) is 0 Å². The van der Waals surface area contributed by atoms with Crippen molar-refractivity contribution in [1.29, 1.82) is 0 Å². The van der Waals surface area contributed by atoms with Gasteiger partial charge in [-0.25, -0.2) is 4.79 Å². The third kappa shape index (κ3) is 4.74.